The summed E-state index contributed by atoms with van der Waals surface area (Å²) in [7, 11) is 1.69. The van der Waals surface area contributed by atoms with E-state index in [9.17, 15) is 0 Å². The van der Waals surface area contributed by atoms with Crippen LogP contribution in [0.15, 0.2) is 40.9 Å². The third kappa shape index (κ3) is 2.44. The molecule has 21 heavy (non-hydrogen) atoms. The van der Waals surface area contributed by atoms with E-state index in [2.05, 4.69) is 50.5 Å². The van der Waals surface area contributed by atoms with Crippen molar-refractivity contribution in [2.75, 3.05) is 13.7 Å². The smallest absolute Gasteiger partial charge is 0.123 e. The van der Waals surface area contributed by atoms with E-state index in [-0.39, 0.29) is 6.61 Å². The van der Waals surface area contributed by atoms with E-state index in [1.165, 1.54) is 5.39 Å². The van der Waals surface area contributed by atoms with E-state index in [4.69, 9.17) is 9.84 Å². The quantitative estimate of drug-likeness (QED) is 0.722. The van der Waals surface area contributed by atoms with Crippen LogP contribution in [0.4, 0.5) is 0 Å². The molecule has 0 aliphatic carbocycles. The van der Waals surface area contributed by atoms with Crippen molar-refractivity contribution in [3.8, 4) is 11.8 Å². The molecule has 0 aliphatic rings. The molecule has 106 valence electrons. The van der Waals surface area contributed by atoms with Crippen molar-refractivity contribution in [3.63, 3.8) is 0 Å². The Bertz CT molecular complexity index is 871. The van der Waals surface area contributed by atoms with Crippen LogP contribution in [0.5, 0.6) is 0 Å². The number of methoxy groups -OCH3 is 1. The minimum absolute atomic E-state index is 0.147. The number of ether oxygens (including phenoxy) is 1. The summed E-state index contributed by atoms with van der Waals surface area (Å²) in [5, 5.41) is 11.2. The predicted octanol–water partition coefficient (Wildman–Crippen LogP) is 3.50. The maximum atomic E-state index is 8.87. The summed E-state index contributed by atoms with van der Waals surface area (Å²) in [4.78, 5) is 0. The molecule has 3 nitrogen and oxygen atoms in total. The second-order valence-corrected chi connectivity index (χ2v) is 5.53. The minimum Gasteiger partial charge on any atom is -0.384 e. The Balaban J connectivity index is 2.38. The van der Waals surface area contributed by atoms with Gasteiger partial charge in [0.15, 0.2) is 0 Å². The van der Waals surface area contributed by atoms with Gasteiger partial charge in [-0.2, -0.15) is 0 Å². The highest BCUT2D eigenvalue weighted by molar-refractivity contribution is 9.10. The Kier molecular flexibility index (Phi) is 3.98. The molecular weight excluding hydrogens is 330 g/mol. The zero-order valence-corrected chi connectivity index (χ0v) is 13.1. The van der Waals surface area contributed by atoms with Crippen LogP contribution in [-0.4, -0.2) is 23.4 Å². The minimum atomic E-state index is -0.147. The number of rotatable bonds is 2. The molecule has 1 aromatic heterocycles. The van der Waals surface area contributed by atoms with E-state index < -0.39 is 0 Å². The molecule has 0 spiro atoms. The van der Waals surface area contributed by atoms with Gasteiger partial charge >= 0.3 is 0 Å². The van der Waals surface area contributed by atoms with E-state index in [1.807, 2.05) is 18.2 Å². The van der Waals surface area contributed by atoms with Crippen LogP contribution < -0.4 is 0 Å². The first-order valence-corrected chi connectivity index (χ1v) is 7.34. The van der Waals surface area contributed by atoms with Gasteiger partial charge in [0.05, 0.1) is 11.0 Å². The first kappa shape index (κ1) is 14.2. The molecule has 0 unspecified atom stereocenters. The maximum Gasteiger partial charge on any atom is 0.123 e. The second kappa shape index (κ2) is 5.90. The van der Waals surface area contributed by atoms with Crippen LogP contribution in [0.1, 0.15) is 5.56 Å². The predicted molar refractivity (Wildman–Crippen MR) is 88.1 cm³/mol. The Morgan fingerprint density at radius 1 is 1.19 bits per heavy atom. The number of aliphatic hydroxyl groups excluding tert-OH is 1. The van der Waals surface area contributed by atoms with E-state index in [0.29, 0.717) is 6.73 Å². The van der Waals surface area contributed by atoms with Crippen LogP contribution in [0.3, 0.4) is 0 Å². The molecule has 1 heterocycles. The topological polar surface area (TPSA) is 34.4 Å². The van der Waals surface area contributed by atoms with Gasteiger partial charge in [-0.05, 0) is 34.1 Å². The van der Waals surface area contributed by atoms with Gasteiger partial charge in [0.2, 0.25) is 0 Å². The lowest BCUT2D eigenvalue weighted by Crippen LogP contribution is -1.99. The van der Waals surface area contributed by atoms with Crippen molar-refractivity contribution < 1.29 is 9.84 Å². The highest BCUT2D eigenvalue weighted by atomic mass is 79.9. The Morgan fingerprint density at radius 2 is 2.00 bits per heavy atom. The van der Waals surface area contributed by atoms with Crippen LogP contribution in [0.2, 0.25) is 0 Å². The highest BCUT2D eigenvalue weighted by Gasteiger charge is 2.12. The number of benzene rings is 2. The van der Waals surface area contributed by atoms with Gasteiger partial charge in [-0.25, -0.2) is 0 Å². The van der Waals surface area contributed by atoms with Crippen molar-refractivity contribution in [2.45, 2.75) is 6.73 Å². The van der Waals surface area contributed by atoms with E-state index in [1.54, 1.807) is 7.11 Å². The average Bonchev–Trinajstić information content (AvgIpc) is 2.79. The van der Waals surface area contributed by atoms with Gasteiger partial charge in [-0.3, -0.25) is 0 Å². The average molecular weight is 344 g/mol. The zero-order chi connectivity index (χ0) is 14.8. The lowest BCUT2D eigenvalue weighted by molar-refractivity contribution is 0.138. The summed E-state index contributed by atoms with van der Waals surface area (Å²) in [6, 6.07) is 12.4. The molecule has 4 heteroatoms. The standard InChI is InChI=1S/C17H14BrNO2/c1-21-11-19-16-7-3-2-6-13(16)14-10-15(18)12(5-4-8-20)9-17(14)19/h2-3,6-7,9-10,20H,8,11H2,1H3. The molecular formula is C17H14BrNO2. The van der Waals surface area contributed by atoms with Crippen molar-refractivity contribution in [3.05, 3.63) is 46.4 Å². The number of hydrogen-bond acceptors (Lipinski definition) is 2. The van der Waals surface area contributed by atoms with Gasteiger partial charge in [-0.1, -0.05) is 30.0 Å². The summed E-state index contributed by atoms with van der Waals surface area (Å²) in [5.74, 6) is 5.66. The monoisotopic (exact) mass is 343 g/mol. The van der Waals surface area contributed by atoms with Gasteiger partial charge < -0.3 is 14.4 Å². The molecule has 0 saturated heterocycles. The second-order valence-electron chi connectivity index (χ2n) is 4.67. The van der Waals surface area contributed by atoms with E-state index >= 15 is 0 Å². The Morgan fingerprint density at radius 3 is 2.76 bits per heavy atom. The van der Waals surface area contributed by atoms with E-state index in [0.717, 1.165) is 26.5 Å². The Labute approximate surface area is 131 Å². The Hall–Kier alpha value is -1.80. The number of aromatic nitrogens is 1. The number of aliphatic hydroxyl groups is 1. The van der Waals surface area contributed by atoms with Gasteiger partial charge in [0, 0.05) is 27.9 Å². The summed E-state index contributed by atoms with van der Waals surface area (Å²) in [6.07, 6.45) is 0. The number of fused-ring (bicyclic) bond motifs is 3. The van der Waals surface area contributed by atoms with Crippen LogP contribution in [0, 0.1) is 11.8 Å². The number of para-hydroxylation sites is 1. The lowest BCUT2D eigenvalue weighted by atomic mass is 10.1. The summed E-state index contributed by atoms with van der Waals surface area (Å²) < 4.78 is 8.38. The zero-order valence-electron chi connectivity index (χ0n) is 11.6. The SMILES string of the molecule is COCn1c2ccccc2c2cc(Br)c(C#CCO)cc21. The molecule has 0 saturated carbocycles. The molecule has 0 aliphatic heterocycles. The third-order valence-corrected chi connectivity index (χ3v) is 4.08. The largest absolute Gasteiger partial charge is 0.384 e. The van der Waals surface area contributed by atoms with Gasteiger partial charge in [0.1, 0.15) is 13.3 Å². The number of halogens is 1. The first-order valence-electron chi connectivity index (χ1n) is 6.55. The van der Waals surface area contributed by atoms with Gasteiger partial charge in [-0.15, -0.1) is 0 Å². The van der Waals surface area contributed by atoms with Gasteiger partial charge in [0.25, 0.3) is 0 Å². The first-order chi connectivity index (χ1) is 10.3. The molecule has 0 bridgehead atoms. The molecule has 3 aromatic rings. The summed E-state index contributed by atoms with van der Waals surface area (Å²) in [6.45, 7) is 0.337. The molecule has 0 amide bonds. The van der Waals surface area contributed by atoms with Crippen LogP contribution in [-0.2, 0) is 11.5 Å². The summed E-state index contributed by atoms with van der Waals surface area (Å²) >= 11 is 3.56. The molecule has 1 N–H and O–H groups in total. The van der Waals surface area contributed by atoms with Crippen molar-refractivity contribution >= 4 is 37.7 Å². The fraction of sp³-hybridized carbons (Fsp3) is 0.176. The number of nitrogens with zero attached hydrogens (tertiary/aromatic N) is 1. The molecule has 0 radical (unpaired) electrons. The highest BCUT2D eigenvalue weighted by Crippen LogP contribution is 2.32. The third-order valence-electron chi connectivity index (χ3n) is 3.42. The number of hydrogen-bond donors (Lipinski definition) is 1. The van der Waals surface area contributed by atoms with Crippen molar-refractivity contribution in [1.82, 2.24) is 4.57 Å². The van der Waals surface area contributed by atoms with Crippen LogP contribution in [0.25, 0.3) is 21.8 Å². The van der Waals surface area contributed by atoms with Crippen molar-refractivity contribution in [1.29, 1.82) is 0 Å². The van der Waals surface area contributed by atoms with Crippen LogP contribution >= 0.6 is 15.9 Å². The fourth-order valence-electron chi connectivity index (χ4n) is 2.57. The molecule has 2 aromatic carbocycles. The fourth-order valence-corrected chi connectivity index (χ4v) is 3.01. The summed E-state index contributed by atoms with van der Waals surface area (Å²) in [5.41, 5.74) is 3.06. The molecule has 0 atom stereocenters. The maximum absolute atomic E-state index is 8.87. The lowest BCUT2D eigenvalue weighted by Gasteiger charge is -2.06. The molecule has 3 rings (SSSR count). The van der Waals surface area contributed by atoms with Crippen molar-refractivity contribution in [2.24, 2.45) is 0 Å². The molecule has 0 fully saturated rings. The normalized spacial score (nSPS) is 10.8.